The molecular weight excluding hydrogens is 556 g/mol. The molecule has 4 heterocycles. The van der Waals surface area contributed by atoms with Crippen LogP contribution in [0.3, 0.4) is 0 Å². The average Bonchev–Trinajstić information content (AvgIpc) is 3.61. The predicted molar refractivity (Wildman–Crippen MR) is 138 cm³/mol. The summed E-state index contributed by atoms with van der Waals surface area (Å²) in [6.45, 7) is 1.93. The maximum Gasteiger partial charge on any atom is 0.310 e. The van der Waals surface area contributed by atoms with Gasteiger partial charge in [-0.1, -0.05) is 0 Å². The van der Waals surface area contributed by atoms with Crippen molar-refractivity contribution in [2.75, 3.05) is 34.2 Å². The predicted octanol–water partition coefficient (Wildman–Crippen LogP) is 1.34. The SMILES string of the molecule is COc1cc([C@@H]2c3cc4c(cc3[C@@H](O[C@@H]3O[C@@H]5CO[C@@H](C)O[C@H]5[C@H](O)[C@H]3O)C3COC(=O)C32)OCO4)cc(OC)c1O. The zero-order valence-electron chi connectivity index (χ0n) is 23.1. The van der Waals surface area contributed by atoms with Gasteiger partial charge in [-0.2, -0.15) is 0 Å². The second-order valence-electron chi connectivity index (χ2n) is 11.0. The highest BCUT2D eigenvalue weighted by Crippen LogP contribution is 2.57. The van der Waals surface area contributed by atoms with Gasteiger partial charge >= 0.3 is 5.97 Å². The Bertz CT molecular complexity index is 1350. The van der Waals surface area contributed by atoms with E-state index in [2.05, 4.69) is 0 Å². The van der Waals surface area contributed by atoms with E-state index in [0.717, 1.165) is 0 Å². The smallest absolute Gasteiger partial charge is 0.310 e. The lowest BCUT2D eigenvalue weighted by Crippen LogP contribution is -2.63. The van der Waals surface area contributed by atoms with Gasteiger partial charge in [-0.25, -0.2) is 0 Å². The Kier molecular flexibility index (Phi) is 6.83. The van der Waals surface area contributed by atoms with Gasteiger partial charge in [0.15, 0.2) is 35.6 Å². The summed E-state index contributed by atoms with van der Waals surface area (Å²) in [6, 6.07) is 6.93. The minimum Gasteiger partial charge on any atom is -0.502 e. The summed E-state index contributed by atoms with van der Waals surface area (Å²) in [7, 11) is 2.86. The van der Waals surface area contributed by atoms with Crippen LogP contribution < -0.4 is 18.9 Å². The number of ether oxygens (including phenoxy) is 9. The third-order valence-corrected chi connectivity index (χ3v) is 8.75. The number of hydrogen-bond acceptors (Lipinski definition) is 13. The number of aliphatic hydroxyl groups excluding tert-OH is 2. The first-order valence-corrected chi connectivity index (χ1v) is 13.8. The second kappa shape index (κ2) is 10.4. The van der Waals surface area contributed by atoms with Crippen LogP contribution in [0.4, 0.5) is 0 Å². The highest BCUT2D eigenvalue weighted by molar-refractivity contribution is 5.79. The summed E-state index contributed by atoms with van der Waals surface area (Å²) in [5.41, 5.74) is 2.01. The number of cyclic esters (lactones) is 1. The summed E-state index contributed by atoms with van der Waals surface area (Å²) < 4.78 is 51.5. The molecule has 0 saturated carbocycles. The number of methoxy groups -OCH3 is 2. The maximum absolute atomic E-state index is 13.4. The molecule has 226 valence electrons. The molecule has 10 atom stereocenters. The maximum atomic E-state index is 13.4. The zero-order valence-corrected chi connectivity index (χ0v) is 23.1. The van der Waals surface area contributed by atoms with Gasteiger partial charge in [0.1, 0.15) is 24.4 Å². The van der Waals surface area contributed by atoms with Crippen molar-refractivity contribution in [1.82, 2.24) is 0 Å². The summed E-state index contributed by atoms with van der Waals surface area (Å²) >= 11 is 0. The van der Waals surface area contributed by atoms with Crippen LogP contribution in [0.15, 0.2) is 24.3 Å². The van der Waals surface area contributed by atoms with E-state index in [9.17, 15) is 20.1 Å². The largest absolute Gasteiger partial charge is 0.502 e. The molecule has 0 aromatic heterocycles. The van der Waals surface area contributed by atoms with E-state index in [1.54, 1.807) is 31.2 Å². The van der Waals surface area contributed by atoms with Gasteiger partial charge < -0.3 is 58.0 Å². The molecule has 4 aliphatic heterocycles. The molecule has 0 amide bonds. The quantitative estimate of drug-likeness (QED) is 0.430. The van der Waals surface area contributed by atoms with Gasteiger partial charge in [-0.15, -0.1) is 0 Å². The average molecular weight is 589 g/mol. The number of benzene rings is 2. The van der Waals surface area contributed by atoms with Gasteiger partial charge in [0.25, 0.3) is 0 Å². The molecule has 3 N–H and O–H groups in total. The topological polar surface area (TPSA) is 161 Å². The van der Waals surface area contributed by atoms with Gasteiger partial charge in [-0.3, -0.25) is 4.79 Å². The van der Waals surface area contributed by atoms with Crippen molar-refractivity contribution >= 4 is 5.97 Å². The van der Waals surface area contributed by atoms with Crippen LogP contribution in [0.25, 0.3) is 0 Å². The van der Waals surface area contributed by atoms with E-state index in [4.69, 9.17) is 42.6 Å². The standard InChI is InChI=1S/C29H32O13/c1-11-36-9-20-27(40-11)24(31)25(32)29(41-20)42-26-14-7-17-16(38-10-39-17)6-13(14)21(22-15(26)8-37-28(22)33)12-4-18(34-2)23(30)19(5-12)35-3/h4-7,11,15,20-22,24-27,29-32H,8-10H2,1-3H3/t11-,15?,20-,21-,22?,24-,25-,26-,27-,29+/m1/s1. The third kappa shape index (κ3) is 4.26. The first-order valence-electron chi connectivity index (χ1n) is 13.8. The monoisotopic (exact) mass is 588 g/mol. The first-order chi connectivity index (χ1) is 20.3. The van der Waals surface area contributed by atoms with Crippen LogP contribution in [0, 0.1) is 11.8 Å². The van der Waals surface area contributed by atoms with Crippen LogP contribution >= 0.6 is 0 Å². The summed E-state index contributed by atoms with van der Waals surface area (Å²) in [4.78, 5) is 13.4. The Balaban J connectivity index is 1.32. The number of aliphatic hydroxyl groups is 2. The molecule has 13 heteroatoms. The Labute approximate surface area is 240 Å². The first kappa shape index (κ1) is 27.5. The molecule has 0 radical (unpaired) electrons. The Morgan fingerprint density at radius 3 is 2.26 bits per heavy atom. The van der Waals surface area contributed by atoms with E-state index in [1.807, 2.05) is 0 Å². The zero-order chi connectivity index (χ0) is 29.3. The Morgan fingerprint density at radius 2 is 1.57 bits per heavy atom. The minimum atomic E-state index is -1.44. The van der Waals surface area contributed by atoms with Crippen molar-refractivity contribution in [2.45, 2.75) is 55.9 Å². The summed E-state index contributed by atoms with van der Waals surface area (Å²) in [6.07, 6.45) is -6.80. The van der Waals surface area contributed by atoms with Crippen LogP contribution in [0.2, 0.25) is 0 Å². The molecule has 5 aliphatic rings. The van der Waals surface area contributed by atoms with Crippen LogP contribution in [-0.4, -0.2) is 92.5 Å². The van der Waals surface area contributed by atoms with E-state index < -0.39 is 66.8 Å². The molecule has 7 rings (SSSR count). The van der Waals surface area contributed by atoms with E-state index in [-0.39, 0.29) is 37.3 Å². The Morgan fingerprint density at radius 1 is 0.881 bits per heavy atom. The highest BCUT2D eigenvalue weighted by Gasteiger charge is 2.56. The molecule has 0 spiro atoms. The molecule has 2 unspecified atom stereocenters. The molecule has 13 nitrogen and oxygen atoms in total. The fraction of sp³-hybridized carbons (Fsp3) is 0.552. The number of esters is 1. The molecule has 42 heavy (non-hydrogen) atoms. The van der Waals surface area contributed by atoms with Crippen molar-refractivity contribution in [3.05, 3.63) is 41.0 Å². The normalized spacial score (nSPS) is 36.5. The van der Waals surface area contributed by atoms with Gasteiger partial charge in [0.05, 0.1) is 39.5 Å². The molecule has 2 aromatic carbocycles. The van der Waals surface area contributed by atoms with E-state index in [1.165, 1.54) is 14.2 Å². The molecular formula is C29H32O13. The molecule has 2 aromatic rings. The van der Waals surface area contributed by atoms with Crippen molar-refractivity contribution in [3.63, 3.8) is 0 Å². The number of rotatable bonds is 5. The third-order valence-electron chi connectivity index (χ3n) is 8.75. The number of aromatic hydroxyl groups is 1. The van der Waals surface area contributed by atoms with Crippen molar-refractivity contribution in [2.24, 2.45) is 11.8 Å². The molecule has 3 fully saturated rings. The van der Waals surface area contributed by atoms with Crippen LogP contribution in [-0.2, 0) is 28.5 Å². The second-order valence-corrected chi connectivity index (χ2v) is 11.0. The van der Waals surface area contributed by atoms with Crippen molar-refractivity contribution in [1.29, 1.82) is 0 Å². The fourth-order valence-corrected chi connectivity index (χ4v) is 6.74. The molecule has 1 aliphatic carbocycles. The minimum absolute atomic E-state index is 0.0301. The lowest BCUT2D eigenvalue weighted by Gasteiger charge is -2.47. The Hall–Kier alpha value is -3.33. The van der Waals surface area contributed by atoms with E-state index in [0.29, 0.717) is 28.2 Å². The fourth-order valence-electron chi connectivity index (χ4n) is 6.74. The van der Waals surface area contributed by atoms with Gasteiger partial charge in [0, 0.05) is 11.8 Å². The number of phenolic OH excluding ortho intramolecular Hbond substituents is 1. The summed E-state index contributed by atoms with van der Waals surface area (Å²) in [5, 5.41) is 32.5. The highest BCUT2D eigenvalue weighted by atomic mass is 16.8. The molecule has 3 saturated heterocycles. The van der Waals surface area contributed by atoms with Crippen molar-refractivity contribution in [3.8, 4) is 28.7 Å². The number of hydrogen-bond donors (Lipinski definition) is 3. The van der Waals surface area contributed by atoms with E-state index >= 15 is 0 Å². The lowest BCUT2D eigenvalue weighted by atomic mass is 9.66. The van der Waals surface area contributed by atoms with Gasteiger partial charge in [-0.05, 0) is 47.9 Å². The van der Waals surface area contributed by atoms with Crippen molar-refractivity contribution < 1.29 is 62.7 Å². The molecule has 0 bridgehead atoms. The number of phenols is 1. The van der Waals surface area contributed by atoms with Crippen LogP contribution in [0.5, 0.6) is 28.7 Å². The number of carbonyl (C=O) groups is 1. The number of fused-ring (bicyclic) bond motifs is 4. The summed E-state index contributed by atoms with van der Waals surface area (Å²) in [5.74, 6) is -1.02. The van der Waals surface area contributed by atoms with Crippen LogP contribution in [0.1, 0.15) is 35.6 Å². The lowest BCUT2D eigenvalue weighted by molar-refractivity contribution is -0.364. The van der Waals surface area contributed by atoms with Gasteiger partial charge in [0.2, 0.25) is 12.5 Å². The number of carbonyl (C=O) groups excluding carboxylic acids is 1.